The van der Waals surface area contributed by atoms with Crippen LogP contribution in [0.15, 0.2) is 36.7 Å². The van der Waals surface area contributed by atoms with Crippen molar-refractivity contribution >= 4 is 11.6 Å². The molecule has 2 heterocycles. The molecule has 1 aliphatic rings. The van der Waals surface area contributed by atoms with Gasteiger partial charge in [-0.05, 0) is 49.6 Å². The van der Waals surface area contributed by atoms with Crippen LogP contribution in [0.3, 0.4) is 0 Å². The van der Waals surface area contributed by atoms with Crippen molar-refractivity contribution in [1.82, 2.24) is 15.3 Å². The molecule has 0 aromatic carbocycles. The summed E-state index contributed by atoms with van der Waals surface area (Å²) in [7, 11) is 0. The zero-order chi connectivity index (χ0) is 14.7. The first-order valence-electron chi connectivity index (χ1n) is 7.59. The highest BCUT2D eigenvalue weighted by molar-refractivity contribution is 6.31. The Balaban J connectivity index is 1.96. The van der Waals surface area contributed by atoms with E-state index < -0.39 is 0 Å². The monoisotopic (exact) mass is 301 g/mol. The first-order chi connectivity index (χ1) is 10.3. The van der Waals surface area contributed by atoms with Gasteiger partial charge in [0.15, 0.2) is 0 Å². The van der Waals surface area contributed by atoms with Crippen LogP contribution in [-0.4, -0.2) is 16.5 Å². The van der Waals surface area contributed by atoms with Crippen LogP contribution < -0.4 is 5.32 Å². The van der Waals surface area contributed by atoms with Crippen LogP contribution in [0.2, 0.25) is 5.02 Å². The third-order valence-corrected chi connectivity index (χ3v) is 4.42. The molecule has 2 aromatic rings. The van der Waals surface area contributed by atoms with Crippen LogP contribution in [0.5, 0.6) is 0 Å². The number of rotatable bonds is 5. The molecule has 1 aliphatic carbocycles. The molecule has 0 saturated carbocycles. The van der Waals surface area contributed by atoms with Gasteiger partial charge in [-0.2, -0.15) is 0 Å². The Kier molecular flexibility index (Phi) is 4.51. The van der Waals surface area contributed by atoms with E-state index in [2.05, 4.69) is 28.3 Å². The molecule has 2 aromatic heterocycles. The fraction of sp³-hybridized carbons (Fsp3) is 0.412. The minimum atomic E-state index is 0.134. The van der Waals surface area contributed by atoms with Crippen molar-refractivity contribution in [2.45, 2.75) is 38.1 Å². The van der Waals surface area contributed by atoms with Gasteiger partial charge in [0.25, 0.3) is 0 Å². The molecule has 2 unspecified atom stereocenters. The molecule has 3 nitrogen and oxygen atoms in total. The van der Waals surface area contributed by atoms with Gasteiger partial charge >= 0.3 is 0 Å². The first-order valence-corrected chi connectivity index (χ1v) is 7.96. The third-order valence-electron chi connectivity index (χ3n) is 4.10. The Morgan fingerprint density at radius 2 is 2.10 bits per heavy atom. The Morgan fingerprint density at radius 1 is 1.29 bits per heavy atom. The summed E-state index contributed by atoms with van der Waals surface area (Å²) in [6, 6.07) is 8.13. The fourth-order valence-electron chi connectivity index (χ4n) is 3.12. The lowest BCUT2D eigenvalue weighted by molar-refractivity contribution is 0.429. The number of aryl methyl sites for hydroxylation is 1. The number of halogens is 1. The van der Waals surface area contributed by atoms with Crippen LogP contribution in [-0.2, 0) is 6.42 Å². The summed E-state index contributed by atoms with van der Waals surface area (Å²) in [5, 5.41) is 4.35. The molecule has 1 N–H and O–H groups in total. The van der Waals surface area contributed by atoms with E-state index in [1.807, 2.05) is 30.6 Å². The van der Waals surface area contributed by atoms with Crippen LogP contribution >= 0.6 is 11.6 Å². The van der Waals surface area contributed by atoms with Gasteiger partial charge in [-0.3, -0.25) is 9.97 Å². The van der Waals surface area contributed by atoms with E-state index in [0.29, 0.717) is 5.92 Å². The Bertz CT molecular complexity index is 614. The fourth-order valence-corrected chi connectivity index (χ4v) is 3.36. The van der Waals surface area contributed by atoms with E-state index in [1.54, 1.807) is 0 Å². The molecule has 0 radical (unpaired) electrons. The maximum Gasteiger partial charge on any atom is 0.0765 e. The summed E-state index contributed by atoms with van der Waals surface area (Å²) in [6.07, 6.45) is 6.97. The zero-order valence-electron chi connectivity index (χ0n) is 12.2. The Hall–Kier alpha value is -1.45. The van der Waals surface area contributed by atoms with Crippen LogP contribution in [0, 0.1) is 0 Å². The number of pyridine rings is 2. The van der Waals surface area contributed by atoms with Crippen molar-refractivity contribution in [2.75, 3.05) is 6.54 Å². The van der Waals surface area contributed by atoms with E-state index in [1.165, 1.54) is 11.3 Å². The number of fused-ring (bicyclic) bond motifs is 1. The lowest BCUT2D eigenvalue weighted by atomic mass is 9.93. The molecule has 110 valence electrons. The van der Waals surface area contributed by atoms with Crippen molar-refractivity contribution in [1.29, 1.82) is 0 Å². The van der Waals surface area contributed by atoms with Gasteiger partial charge in [0, 0.05) is 24.0 Å². The molecule has 0 amide bonds. The SMILES string of the molecule is CCCNC(c1ncccc1Cl)C1CCc2cccnc21. The maximum atomic E-state index is 6.38. The molecular weight excluding hydrogens is 282 g/mol. The smallest absolute Gasteiger partial charge is 0.0765 e. The number of hydrogen-bond donors (Lipinski definition) is 1. The second-order valence-corrected chi connectivity index (χ2v) is 5.90. The van der Waals surface area contributed by atoms with Crippen LogP contribution in [0.4, 0.5) is 0 Å². The Morgan fingerprint density at radius 3 is 2.90 bits per heavy atom. The van der Waals surface area contributed by atoms with E-state index in [0.717, 1.165) is 36.5 Å². The molecule has 0 saturated heterocycles. The van der Waals surface area contributed by atoms with Gasteiger partial charge in [-0.1, -0.05) is 24.6 Å². The summed E-state index contributed by atoms with van der Waals surface area (Å²) < 4.78 is 0. The van der Waals surface area contributed by atoms with Crippen LogP contribution in [0.25, 0.3) is 0 Å². The normalized spacial score (nSPS) is 18.5. The van der Waals surface area contributed by atoms with E-state index in [-0.39, 0.29) is 6.04 Å². The van der Waals surface area contributed by atoms with Gasteiger partial charge in [0.05, 0.1) is 16.8 Å². The molecule has 3 rings (SSSR count). The second-order valence-electron chi connectivity index (χ2n) is 5.50. The Labute approximate surface area is 130 Å². The predicted molar refractivity (Wildman–Crippen MR) is 85.6 cm³/mol. The molecule has 0 aliphatic heterocycles. The second kappa shape index (κ2) is 6.54. The highest BCUT2D eigenvalue weighted by Crippen LogP contribution is 2.41. The van der Waals surface area contributed by atoms with Crippen molar-refractivity contribution in [2.24, 2.45) is 0 Å². The molecule has 21 heavy (non-hydrogen) atoms. The summed E-state index contributed by atoms with van der Waals surface area (Å²) >= 11 is 6.38. The highest BCUT2D eigenvalue weighted by Gasteiger charge is 2.33. The first kappa shape index (κ1) is 14.5. The third kappa shape index (κ3) is 2.94. The van der Waals surface area contributed by atoms with Crippen molar-refractivity contribution in [3.63, 3.8) is 0 Å². The number of aromatic nitrogens is 2. The van der Waals surface area contributed by atoms with Crippen molar-refractivity contribution < 1.29 is 0 Å². The average molecular weight is 302 g/mol. The predicted octanol–water partition coefficient (Wildman–Crippen LogP) is 3.90. The lowest BCUT2D eigenvalue weighted by Gasteiger charge is -2.25. The molecule has 4 heteroatoms. The highest BCUT2D eigenvalue weighted by atomic mass is 35.5. The molecular formula is C17H20ClN3. The molecule has 0 bridgehead atoms. The summed E-state index contributed by atoms with van der Waals surface area (Å²) in [6.45, 7) is 3.13. The maximum absolute atomic E-state index is 6.38. The van der Waals surface area contributed by atoms with Gasteiger partial charge < -0.3 is 5.32 Å². The van der Waals surface area contributed by atoms with Gasteiger partial charge in [-0.15, -0.1) is 0 Å². The molecule has 0 spiro atoms. The summed E-state index contributed by atoms with van der Waals surface area (Å²) in [4.78, 5) is 9.14. The molecule has 0 fully saturated rings. The number of nitrogens with one attached hydrogen (secondary N) is 1. The van der Waals surface area contributed by atoms with E-state index >= 15 is 0 Å². The summed E-state index contributed by atoms with van der Waals surface area (Å²) in [5.74, 6) is 0.347. The zero-order valence-corrected chi connectivity index (χ0v) is 13.0. The number of hydrogen-bond acceptors (Lipinski definition) is 3. The quantitative estimate of drug-likeness (QED) is 0.910. The minimum absolute atomic E-state index is 0.134. The topological polar surface area (TPSA) is 37.8 Å². The minimum Gasteiger partial charge on any atom is -0.308 e. The summed E-state index contributed by atoms with van der Waals surface area (Å²) in [5.41, 5.74) is 3.50. The number of nitrogens with zero attached hydrogens (tertiary/aromatic N) is 2. The van der Waals surface area contributed by atoms with Crippen molar-refractivity contribution in [3.05, 3.63) is 58.6 Å². The average Bonchev–Trinajstić information content (AvgIpc) is 2.93. The van der Waals surface area contributed by atoms with E-state index in [9.17, 15) is 0 Å². The van der Waals surface area contributed by atoms with E-state index in [4.69, 9.17) is 11.6 Å². The van der Waals surface area contributed by atoms with Crippen molar-refractivity contribution in [3.8, 4) is 0 Å². The lowest BCUT2D eigenvalue weighted by Crippen LogP contribution is -2.28. The van der Waals surface area contributed by atoms with Gasteiger partial charge in [0.2, 0.25) is 0 Å². The standard InChI is InChI=1S/C17H20ClN3/c1-2-9-19-16(17-14(18)6-4-11-21-17)13-8-7-12-5-3-10-20-15(12)13/h3-6,10-11,13,16,19H,2,7-9H2,1H3. The van der Waals surface area contributed by atoms with Gasteiger partial charge in [-0.25, -0.2) is 0 Å². The van der Waals surface area contributed by atoms with Crippen LogP contribution in [0.1, 0.15) is 48.7 Å². The largest absolute Gasteiger partial charge is 0.308 e. The van der Waals surface area contributed by atoms with Gasteiger partial charge in [0.1, 0.15) is 0 Å². The molecule has 2 atom stereocenters.